The van der Waals surface area contributed by atoms with Crippen molar-refractivity contribution < 1.29 is 4.74 Å². The van der Waals surface area contributed by atoms with Crippen molar-refractivity contribution in [1.29, 1.82) is 0 Å². The maximum Gasteiger partial charge on any atom is 0.213 e. The largest absolute Gasteiger partial charge is 0.477 e. The number of aryl methyl sites for hydroxylation is 1. The Morgan fingerprint density at radius 3 is 2.80 bits per heavy atom. The second-order valence-corrected chi connectivity index (χ2v) is 7.37. The molecule has 2 aliphatic heterocycles. The lowest BCUT2D eigenvalue weighted by molar-refractivity contribution is 0.00552. The van der Waals surface area contributed by atoms with E-state index in [1.54, 1.807) is 6.20 Å². The number of aromatic nitrogens is 3. The fourth-order valence-electron chi connectivity index (χ4n) is 3.94. The normalized spacial score (nSPS) is 22.6. The van der Waals surface area contributed by atoms with Gasteiger partial charge in [0, 0.05) is 25.4 Å². The summed E-state index contributed by atoms with van der Waals surface area (Å²) in [7, 11) is 2.24. The van der Waals surface area contributed by atoms with E-state index in [1.165, 1.54) is 6.42 Å². The summed E-state index contributed by atoms with van der Waals surface area (Å²) in [4.78, 5) is 9.09. The van der Waals surface area contributed by atoms with Crippen LogP contribution in [-0.2, 0) is 0 Å². The van der Waals surface area contributed by atoms with Crippen molar-refractivity contribution in [2.24, 2.45) is 5.92 Å². The van der Waals surface area contributed by atoms with Gasteiger partial charge in [0.25, 0.3) is 0 Å². The Hall–Kier alpha value is -2.21. The first-order valence-corrected chi connectivity index (χ1v) is 8.95. The van der Waals surface area contributed by atoms with E-state index in [-0.39, 0.29) is 5.54 Å². The van der Waals surface area contributed by atoms with Gasteiger partial charge in [-0.1, -0.05) is 6.07 Å². The zero-order chi connectivity index (χ0) is 17.3. The highest BCUT2D eigenvalue weighted by molar-refractivity contribution is 5.44. The van der Waals surface area contributed by atoms with Gasteiger partial charge in [-0.05, 0) is 57.5 Å². The van der Waals surface area contributed by atoms with Crippen LogP contribution in [0.3, 0.4) is 0 Å². The highest BCUT2D eigenvalue weighted by atomic mass is 16.5. The Morgan fingerprint density at radius 2 is 2.08 bits per heavy atom. The standard InChI is InChI=1S/C19H25N5O/c1-15-6-7-17(22-21-15)24-13-19(14-24)11-16(8-10-23(19)2)12-25-18-5-3-4-9-20-18/h3-7,9,16H,8,10-14H2,1-2H3/t16-/m0/s1. The van der Waals surface area contributed by atoms with E-state index in [4.69, 9.17) is 4.74 Å². The zero-order valence-electron chi connectivity index (χ0n) is 14.9. The molecule has 25 heavy (non-hydrogen) atoms. The predicted octanol–water partition coefficient (Wildman–Crippen LogP) is 2.16. The Bertz CT molecular complexity index is 700. The number of piperidine rings is 1. The van der Waals surface area contributed by atoms with Crippen molar-refractivity contribution in [3.8, 4) is 5.88 Å². The van der Waals surface area contributed by atoms with Gasteiger partial charge in [0.2, 0.25) is 5.88 Å². The molecule has 2 saturated heterocycles. The number of hydrogen-bond acceptors (Lipinski definition) is 6. The number of likely N-dealkylation sites (N-methyl/N-ethyl adjacent to an activating group) is 1. The van der Waals surface area contributed by atoms with E-state index >= 15 is 0 Å². The molecule has 0 unspecified atom stereocenters. The van der Waals surface area contributed by atoms with Gasteiger partial charge in [-0.15, -0.1) is 5.10 Å². The van der Waals surface area contributed by atoms with Crippen LogP contribution in [0, 0.1) is 12.8 Å². The third kappa shape index (κ3) is 3.31. The maximum absolute atomic E-state index is 5.90. The van der Waals surface area contributed by atoms with Gasteiger partial charge in [-0.3, -0.25) is 4.90 Å². The Morgan fingerprint density at radius 1 is 1.20 bits per heavy atom. The molecule has 2 fully saturated rings. The molecule has 1 spiro atoms. The van der Waals surface area contributed by atoms with Gasteiger partial charge < -0.3 is 9.64 Å². The fraction of sp³-hybridized carbons (Fsp3) is 0.526. The number of nitrogens with zero attached hydrogens (tertiary/aromatic N) is 5. The minimum absolute atomic E-state index is 0.239. The van der Waals surface area contributed by atoms with Crippen molar-refractivity contribution in [2.75, 3.05) is 38.2 Å². The zero-order valence-corrected chi connectivity index (χ0v) is 14.9. The second kappa shape index (κ2) is 6.59. The van der Waals surface area contributed by atoms with Crippen LogP contribution in [0.15, 0.2) is 36.5 Å². The van der Waals surface area contributed by atoms with Crippen LogP contribution in [0.25, 0.3) is 0 Å². The van der Waals surface area contributed by atoms with E-state index in [1.807, 2.05) is 31.2 Å². The quantitative estimate of drug-likeness (QED) is 0.851. The van der Waals surface area contributed by atoms with Crippen molar-refractivity contribution in [1.82, 2.24) is 20.1 Å². The lowest BCUT2D eigenvalue weighted by atomic mass is 9.75. The molecule has 4 rings (SSSR count). The molecule has 4 heterocycles. The van der Waals surface area contributed by atoms with Gasteiger partial charge in [0.1, 0.15) is 0 Å². The van der Waals surface area contributed by atoms with Gasteiger partial charge in [-0.2, -0.15) is 5.10 Å². The van der Waals surface area contributed by atoms with Crippen LogP contribution < -0.4 is 9.64 Å². The van der Waals surface area contributed by atoms with E-state index in [9.17, 15) is 0 Å². The SMILES string of the molecule is Cc1ccc(N2CC3(C[C@@H](COc4ccccn4)CCN3C)C2)nn1. The van der Waals surface area contributed by atoms with Crippen LogP contribution in [0.2, 0.25) is 0 Å². The number of rotatable bonds is 4. The predicted molar refractivity (Wildman–Crippen MR) is 96.8 cm³/mol. The van der Waals surface area contributed by atoms with Crippen LogP contribution >= 0.6 is 0 Å². The van der Waals surface area contributed by atoms with Crippen molar-refractivity contribution in [2.45, 2.75) is 25.3 Å². The lowest BCUT2D eigenvalue weighted by Gasteiger charge is -2.58. The van der Waals surface area contributed by atoms with E-state index in [0.717, 1.165) is 50.1 Å². The molecule has 2 aromatic heterocycles. The average Bonchev–Trinajstić information content (AvgIpc) is 2.61. The molecule has 0 radical (unpaired) electrons. The summed E-state index contributed by atoms with van der Waals surface area (Å²) < 4.78 is 5.90. The second-order valence-electron chi connectivity index (χ2n) is 7.37. The molecule has 0 bridgehead atoms. The molecule has 0 saturated carbocycles. The van der Waals surface area contributed by atoms with E-state index in [0.29, 0.717) is 5.92 Å². The number of hydrogen-bond donors (Lipinski definition) is 0. The van der Waals surface area contributed by atoms with E-state index in [2.05, 4.69) is 38.1 Å². The molecule has 1 atom stereocenters. The Labute approximate surface area is 148 Å². The minimum Gasteiger partial charge on any atom is -0.477 e. The number of ether oxygens (including phenoxy) is 1. The third-order valence-electron chi connectivity index (χ3n) is 5.53. The third-order valence-corrected chi connectivity index (χ3v) is 5.53. The molecule has 0 N–H and O–H groups in total. The molecule has 6 nitrogen and oxygen atoms in total. The average molecular weight is 339 g/mol. The van der Waals surface area contributed by atoms with Gasteiger partial charge >= 0.3 is 0 Å². The molecule has 0 aromatic carbocycles. The lowest BCUT2D eigenvalue weighted by Crippen LogP contribution is -2.72. The Balaban J connectivity index is 1.36. The molecule has 2 aromatic rings. The number of anilines is 1. The summed E-state index contributed by atoms with van der Waals surface area (Å²) in [6, 6.07) is 9.90. The molecular weight excluding hydrogens is 314 g/mol. The summed E-state index contributed by atoms with van der Waals surface area (Å²) in [5.74, 6) is 2.28. The molecule has 2 aliphatic rings. The monoisotopic (exact) mass is 339 g/mol. The first-order valence-electron chi connectivity index (χ1n) is 8.95. The summed E-state index contributed by atoms with van der Waals surface area (Å²) >= 11 is 0. The first-order chi connectivity index (χ1) is 12.1. The maximum atomic E-state index is 5.90. The topological polar surface area (TPSA) is 54.4 Å². The highest BCUT2D eigenvalue weighted by Gasteiger charge is 2.50. The van der Waals surface area contributed by atoms with Crippen molar-refractivity contribution in [3.63, 3.8) is 0 Å². The van der Waals surface area contributed by atoms with Crippen molar-refractivity contribution in [3.05, 3.63) is 42.2 Å². The number of pyridine rings is 1. The molecule has 0 aliphatic carbocycles. The smallest absolute Gasteiger partial charge is 0.213 e. The van der Waals surface area contributed by atoms with Crippen molar-refractivity contribution >= 4 is 5.82 Å². The van der Waals surface area contributed by atoms with Gasteiger partial charge in [0.15, 0.2) is 5.82 Å². The van der Waals surface area contributed by atoms with E-state index < -0.39 is 0 Å². The summed E-state index contributed by atoms with van der Waals surface area (Å²) in [5, 5.41) is 8.50. The number of likely N-dealkylation sites (tertiary alicyclic amines) is 1. The van der Waals surface area contributed by atoms with Gasteiger partial charge in [0.05, 0.1) is 17.8 Å². The molecule has 0 amide bonds. The van der Waals surface area contributed by atoms with Crippen LogP contribution in [0.4, 0.5) is 5.82 Å². The summed E-state index contributed by atoms with van der Waals surface area (Å²) in [6.07, 6.45) is 4.11. The summed E-state index contributed by atoms with van der Waals surface area (Å²) in [6.45, 7) is 5.86. The van der Waals surface area contributed by atoms with Crippen LogP contribution in [0.5, 0.6) is 5.88 Å². The molecular formula is C19H25N5O. The highest BCUT2D eigenvalue weighted by Crippen LogP contribution is 2.39. The molecule has 132 valence electrons. The van der Waals surface area contributed by atoms with Crippen LogP contribution in [-0.4, -0.2) is 58.9 Å². The first kappa shape index (κ1) is 16.3. The van der Waals surface area contributed by atoms with Gasteiger partial charge in [-0.25, -0.2) is 4.98 Å². The fourth-order valence-corrected chi connectivity index (χ4v) is 3.94. The Kier molecular flexibility index (Phi) is 4.29. The minimum atomic E-state index is 0.239. The summed E-state index contributed by atoms with van der Waals surface area (Å²) in [5.41, 5.74) is 1.20. The van der Waals surface area contributed by atoms with Crippen LogP contribution in [0.1, 0.15) is 18.5 Å². The molecule has 6 heteroatoms.